The summed E-state index contributed by atoms with van der Waals surface area (Å²) in [5.41, 5.74) is 0. The molecule has 7 nitrogen and oxygen atoms in total. The van der Waals surface area contributed by atoms with Gasteiger partial charge in [-0.2, -0.15) is 5.10 Å². The van der Waals surface area contributed by atoms with Crippen molar-refractivity contribution in [1.82, 2.24) is 19.7 Å². The van der Waals surface area contributed by atoms with Crippen molar-refractivity contribution < 1.29 is 4.74 Å². The van der Waals surface area contributed by atoms with Gasteiger partial charge in [-0.1, -0.05) is 0 Å². The van der Waals surface area contributed by atoms with Gasteiger partial charge in [-0.25, -0.2) is 9.97 Å². The van der Waals surface area contributed by atoms with Crippen molar-refractivity contribution in [1.29, 1.82) is 0 Å². The molecule has 0 saturated carbocycles. The van der Waals surface area contributed by atoms with Crippen LogP contribution in [0.3, 0.4) is 0 Å². The lowest BCUT2D eigenvalue weighted by Crippen LogP contribution is -2.05. The number of nitrogens with one attached hydrogen (secondary N) is 2. The Balaban J connectivity index is 2.18. The molecule has 2 rings (SSSR count). The minimum Gasteiger partial charge on any atom is -0.374 e. The van der Waals surface area contributed by atoms with Crippen LogP contribution in [-0.2, 0) is 18.4 Å². The Hall–Kier alpha value is -2.15. The molecular formula is C12H18N6O. The van der Waals surface area contributed by atoms with E-state index in [1.54, 1.807) is 4.68 Å². The third-order valence-electron chi connectivity index (χ3n) is 2.43. The van der Waals surface area contributed by atoms with Crippen LogP contribution in [0.4, 0.5) is 17.5 Å². The summed E-state index contributed by atoms with van der Waals surface area (Å²) in [7, 11) is 3.68. The van der Waals surface area contributed by atoms with E-state index in [0.717, 1.165) is 11.6 Å². The first-order chi connectivity index (χ1) is 9.21. The molecule has 0 saturated heterocycles. The first kappa shape index (κ1) is 13.3. The zero-order valence-corrected chi connectivity index (χ0v) is 11.3. The summed E-state index contributed by atoms with van der Waals surface area (Å²) in [6.45, 7) is 2.97. The van der Waals surface area contributed by atoms with Gasteiger partial charge in [-0.05, 0) is 6.92 Å². The molecule has 19 heavy (non-hydrogen) atoms. The fraction of sp³-hybridized carbons (Fsp3) is 0.417. The zero-order chi connectivity index (χ0) is 13.7. The maximum Gasteiger partial charge on any atom is 0.158 e. The van der Waals surface area contributed by atoms with Crippen molar-refractivity contribution in [3.05, 3.63) is 24.2 Å². The Bertz CT molecular complexity index is 539. The van der Waals surface area contributed by atoms with Crippen molar-refractivity contribution in [2.24, 2.45) is 7.05 Å². The highest BCUT2D eigenvalue weighted by atomic mass is 16.5. The summed E-state index contributed by atoms with van der Waals surface area (Å²) in [4.78, 5) is 8.71. The smallest absolute Gasteiger partial charge is 0.158 e. The predicted molar refractivity (Wildman–Crippen MR) is 73.4 cm³/mol. The molecule has 7 heteroatoms. The van der Waals surface area contributed by atoms with Gasteiger partial charge in [0.1, 0.15) is 18.2 Å². The first-order valence-electron chi connectivity index (χ1n) is 6.11. The van der Waals surface area contributed by atoms with Crippen LogP contribution < -0.4 is 10.6 Å². The lowest BCUT2D eigenvalue weighted by Gasteiger charge is -2.08. The predicted octanol–water partition coefficient (Wildman–Crippen LogP) is 1.53. The van der Waals surface area contributed by atoms with Crippen LogP contribution in [0.5, 0.6) is 0 Å². The van der Waals surface area contributed by atoms with Gasteiger partial charge >= 0.3 is 0 Å². The van der Waals surface area contributed by atoms with Gasteiger partial charge in [-0.3, -0.25) is 4.68 Å². The maximum atomic E-state index is 5.33. The SMILES string of the molecule is CCOCc1nc(NC)cc(Nc2ccn(C)n2)n1. The van der Waals surface area contributed by atoms with E-state index in [0.29, 0.717) is 24.9 Å². The van der Waals surface area contributed by atoms with E-state index in [-0.39, 0.29) is 0 Å². The fourth-order valence-corrected chi connectivity index (χ4v) is 1.56. The molecule has 102 valence electrons. The molecule has 2 heterocycles. The fourth-order valence-electron chi connectivity index (χ4n) is 1.56. The monoisotopic (exact) mass is 262 g/mol. The van der Waals surface area contributed by atoms with E-state index in [1.807, 2.05) is 39.3 Å². The molecule has 2 N–H and O–H groups in total. The molecule has 0 bridgehead atoms. The highest BCUT2D eigenvalue weighted by Gasteiger charge is 2.05. The minimum absolute atomic E-state index is 0.392. The molecule has 2 aromatic rings. The molecule has 0 aliphatic rings. The third kappa shape index (κ3) is 3.65. The largest absolute Gasteiger partial charge is 0.374 e. The molecule has 0 atom stereocenters. The van der Waals surface area contributed by atoms with Crippen LogP contribution in [0.25, 0.3) is 0 Å². The maximum absolute atomic E-state index is 5.33. The Morgan fingerprint density at radius 3 is 2.68 bits per heavy atom. The van der Waals surface area contributed by atoms with E-state index in [2.05, 4.69) is 25.7 Å². The Kier molecular flexibility index (Phi) is 4.30. The van der Waals surface area contributed by atoms with E-state index in [1.165, 1.54) is 0 Å². The number of anilines is 3. The Labute approximate surface area is 112 Å². The summed E-state index contributed by atoms with van der Waals surface area (Å²) in [6.07, 6.45) is 1.86. The molecule has 0 fully saturated rings. The summed E-state index contributed by atoms with van der Waals surface area (Å²) in [5, 5.41) is 10.4. The number of hydrogen-bond acceptors (Lipinski definition) is 6. The average molecular weight is 262 g/mol. The van der Waals surface area contributed by atoms with Crippen LogP contribution in [-0.4, -0.2) is 33.4 Å². The Morgan fingerprint density at radius 2 is 2.05 bits per heavy atom. The van der Waals surface area contributed by atoms with Crippen LogP contribution in [0.2, 0.25) is 0 Å². The zero-order valence-electron chi connectivity index (χ0n) is 11.3. The quantitative estimate of drug-likeness (QED) is 0.822. The third-order valence-corrected chi connectivity index (χ3v) is 2.43. The number of ether oxygens (including phenoxy) is 1. The van der Waals surface area contributed by atoms with Crippen LogP contribution in [0, 0.1) is 0 Å². The van der Waals surface area contributed by atoms with E-state index < -0.39 is 0 Å². The number of hydrogen-bond donors (Lipinski definition) is 2. The standard InChI is InChI=1S/C12H18N6O/c1-4-19-8-12-15-10(13-2)7-11(16-12)14-9-5-6-18(3)17-9/h5-7H,4,8H2,1-3H3,(H2,13,14,15,16,17). The summed E-state index contributed by atoms with van der Waals surface area (Å²) < 4.78 is 7.05. The van der Waals surface area contributed by atoms with Crippen molar-refractivity contribution in [3.63, 3.8) is 0 Å². The van der Waals surface area contributed by atoms with Gasteiger partial charge in [0.05, 0.1) is 0 Å². The van der Waals surface area contributed by atoms with Gasteiger partial charge in [0.2, 0.25) is 0 Å². The molecular weight excluding hydrogens is 244 g/mol. The van der Waals surface area contributed by atoms with Crippen molar-refractivity contribution >= 4 is 17.5 Å². The van der Waals surface area contributed by atoms with Crippen molar-refractivity contribution in [2.75, 3.05) is 24.3 Å². The second-order valence-corrected chi connectivity index (χ2v) is 3.94. The topological polar surface area (TPSA) is 76.9 Å². The first-order valence-corrected chi connectivity index (χ1v) is 6.11. The second kappa shape index (κ2) is 6.14. The highest BCUT2D eigenvalue weighted by Crippen LogP contribution is 2.15. The van der Waals surface area contributed by atoms with E-state index in [9.17, 15) is 0 Å². The molecule has 0 aromatic carbocycles. The highest BCUT2D eigenvalue weighted by molar-refractivity contribution is 5.55. The van der Waals surface area contributed by atoms with Crippen LogP contribution in [0.15, 0.2) is 18.3 Å². The van der Waals surface area contributed by atoms with Crippen LogP contribution >= 0.6 is 0 Å². The molecule has 0 aliphatic carbocycles. The van der Waals surface area contributed by atoms with Gasteiger partial charge in [0.25, 0.3) is 0 Å². The van der Waals surface area contributed by atoms with Crippen molar-refractivity contribution in [2.45, 2.75) is 13.5 Å². The minimum atomic E-state index is 0.392. The molecule has 0 unspecified atom stereocenters. The number of aromatic nitrogens is 4. The lowest BCUT2D eigenvalue weighted by molar-refractivity contribution is 0.128. The summed E-state index contributed by atoms with van der Waals surface area (Å²) in [5.74, 6) is 2.80. The molecule has 0 amide bonds. The van der Waals surface area contributed by atoms with Gasteiger partial charge < -0.3 is 15.4 Å². The van der Waals surface area contributed by atoms with Crippen LogP contribution in [0.1, 0.15) is 12.7 Å². The van der Waals surface area contributed by atoms with Crippen molar-refractivity contribution in [3.8, 4) is 0 Å². The Morgan fingerprint density at radius 1 is 1.26 bits per heavy atom. The normalized spacial score (nSPS) is 10.5. The van der Waals surface area contributed by atoms with Gasteiger partial charge in [-0.15, -0.1) is 0 Å². The van der Waals surface area contributed by atoms with Gasteiger partial charge in [0.15, 0.2) is 11.6 Å². The summed E-state index contributed by atoms with van der Waals surface area (Å²) >= 11 is 0. The molecule has 0 spiro atoms. The molecule has 0 radical (unpaired) electrons. The van der Waals surface area contributed by atoms with E-state index in [4.69, 9.17) is 4.74 Å². The van der Waals surface area contributed by atoms with E-state index >= 15 is 0 Å². The average Bonchev–Trinajstić information content (AvgIpc) is 2.81. The van der Waals surface area contributed by atoms with Gasteiger partial charge in [0, 0.05) is 39.0 Å². The summed E-state index contributed by atoms with van der Waals surface area (Å²) in [6, 6.07) is 3.70. The number of rotatable bonds is 6. The number of nitrogens with zero attached hydrogens (tertiary/aromatic N) is 4. The molecule has 2 aromatic heterocycles. The second-order valence-electron chi connectivity index (χ2n) is 3.94. The molecule has 0 aliphatic heterocycles. The number of aryl methyl sites for hydroxylation is 1. The lowest BCUT2D eigenvalue weighted by atomic mass is 10.4.